The highest BCUT2D eigenvalue weighted by Gasteiger charge is 2.38. The Bertz CT molecular complexity index is 264. The first-order chi connectivity index (χ1) is 7.79. The summed E-state index contributed by atoms with van der Waals surface area (Å²) >= 11 is 0. The highest BCUT2D eigenvalue weighted by molar-refractivity contribution is 5.75. The van der Waals surface area contributed by atoms with Crippen molar-refractivity contribution < 1.29 is 32.6 Å². The van der Waals surface area contributed by atoms with Crippen molar-refractivity contribution in [2.75, 3.05) is 13.7 Å². The maximum absolute atomic E-state index is 10.8. The van der Waals surface area contributed by atoms with E-state index >= 15 is 0 Å². The molecule has 0 saturated carbocycles. The van der Waals surface area contributed by atoms with E-state index in [-0.39, 0.29) is 12.0 Å². The molecular weight excluding hydrogens is 245 g/mol. The van der Waals surface area contributed by atoms with Gasteiger partial charge in [0.1, 0.15) is 6.04 Å². The zero-order chi connectivity index (χ0) is 13.5. The van der Waals surface area contributed by atoms with E-state index in [0.717, 1.165) is 19.4 Å². The number of carbonyl (C=O) groups is 2. The number of alkyl halides is 3. The molecule has 1 rings (SSSR count). The molecule has 1 fully saturated rings. The van der Waals surface area contributed by atoms with Crippen molar-refractivity contribution in [1.82, 2.24) is 10.9 Å². The van der Waals surface area contributed by atoms with Crippen LogP contribution in [0.4, 0.5) is 13.2 Å². The number of methoxy groups -OCH3 is 1. The number of hydrogen-bond donors (Lipinski definition) is 3. The molecule has 0 unspecified atom stereocenters. The van der Waals surface area contributed by atoms with Gasteiger partial charge in [-0.1, -0.05) is 0 Å². The van der Waals surface area contributed by atoms with Crippen LogP contribution in [0.3, 0.4) is 0 Å². The Morgan fingerprint density at radius 1 is 1.41 bits per heavy atom. The molecule has 0 radical (unpaired) electrons. The minimum Gasteiger partial charge on any atom is -0.475 e. The van der Waals surface area contributed by atoms with Gasteiger partial charge in [0.25, 0.3) is 0 Å². The van der Waals surface area contributed by atoms with Crippen LogP contribution in [0.1, 0.15) is 12.8 Å². The normalized spacial score (nSPS) is 19.9. The van der Waals surface area contributed by atoms with Crippen molar-refractivity contribution in [3.63, 3.8) is 0 Å². The van der Waals surface area contributed by atoms with Crippen LogP contribution in [-0.4, -0.2) is 42.9 Å². The van der Waals surface area contributed by atoms with Gasteiger partial charge in [-0.2, -0.15) is 13.2 Å². The Labute approximate surface area is 95.1 Å². The zero-order valence-corrected chi connectivity index (χ0v) is 9.00. The number of carboxylic acid groups (broad SMARTS) is 1. The summed E-state index contributed by atoms with van der Waals surface area (Å²) in [5.74, 6) is -2.94. The molecule has 1 aliphatic rings. The number of rotatable bonds is 1. The van der Waals surface area contributed by atoms with Gasteiger partial charge in [-0.05, 0) is 12.8 Å². The molecule has 0 amide bonds. The summed E-state index contributed by atoms with van der Waals surface area (Å²) in [6.45, 7) is 0.924. The third-order valence-electron chi connectivity index (χ3n) is 1.80. The van der Waals surface area contributed by atoms with Crippen molar-refractivity contribution in [3.8, 4) is 0 Å². The van der Waals surface area contributed by atoms with E-state index in [4.69, 9.17) is 9.90 Å². The first-order valence-corrected chi connectivity index (χ1v) is 4.65. The van der Waals surface area contributed by atoms with E-state index in [2.05, 4.69) is 15.6 Å². The highest BCUT2D eigenvalue weighted by atomic mass is 19.4. The molecule has 0 aromatic heterocycles. The Morgan fingerprint density at radius 3 is 2.24 bits per heavy atom. The SMILES string of the molecule is COC(=O)[C@@H]1CCCNN1.O=C(O)C(F)(F)F. The molecule has 100 valence electrons. The van der Waals surface area contributed by atoms with Crippen molar-refractivity contribution in [3.05, 3.63) is 0 Å². The molecule has 0 aliphatic carbocycles. The van der Waals surface area contributed by atoms with Crippen LogP contribution < -0.4 is 10.9 Å². The summed E-state index contributed by atoms with van der Waals surface area (Å²) in [6.07, 6.45) is -3.20. The lowest BCUT2D eigenvalue weighted by Crippen LogP contribution is -2.50. The summed E-state index contributed by atoms with van der Waals surface area (Å²) in [6, 6.07) is -0.154. The Morgan fingerprint density at radius 2 is 1.94 bits per heavy atom. The van der Waals surface area contributed by atoms with Gasteiger partial charge in [-0.15, -0.1) is 0 Å². The third-order valence-corrected chi connectivity index (χ3v) is 1.80. The molecular formula is C8H13F3N2O4. The van der Waals surface area contributed by atoms with Crippen LogP contribution in [0.25, 0.3) is 0 Å². The van der Waals surface area contributed by atoms with E-state index in [1.54, 1.807) is 0 Å². The largest absolute Gasteiger partial charge is 0.490 e. The molecule has 1 atom stereocenters. The number of nitrogens with one attached hydrogen (secondary N) is 2. The summed E-state index contributed by atoms with van der Waals surface area (Å²) in [4.78, 5) is 19.7. The average molecular weight is 258 g/mol. The highest BCUT2D eigenvalue weighted by Crippen LogP contribution is 2.13. The van der Waals surface area contributed by atoms with Crippen molar-refractivity contribution in [2.24, 2.45) is 0 Å². The number of carboxylic acids is 1. The second-order valence-electron chi connectivity index (χ2n) is 3.09. The fraction of sp³-hybridized carbons (Fsp3) is 0.750. The molecule has 1 aliphatic heterocycles. The van der Waals surface area contributed by atoms with Gasteiger partial charge < -0.3 is 9.84 Å². The molecule has 0 bridgehead atoms. The summed E-state index contributed by atoms with van der Waals surface area (Å²) in [7, 11) is 1.40. The van der Waals surface area contributed by atoms with Gasteiger partial charge in [0.05, 0.1) is 7.11 Å². The molecule has 3 N–H and O–H groups in total. The predicted octanol–water partition coefficient (Wildman–Crippen LogP) is 0.0493. The van der Waals surface area contributed by atoms with E-state index < -0.39 is 12.1 Å². The minimum atomic E-state index is -5.08. The van der Waals surface area contributed by atoms with E-state index in [1.165, 1.54) is 7.11 Å². The first-order valence-electron chi connectivity index (χ1n) is 4.65. The molecule has 0 aromatic carbocycles. The van der Waals surface area contributed by atoms with Crippen LogP contribution in [0, 0.1) is 0 Å². The number of carbonyl (C=O) groups excluding carboxylic acids is 1. The van der Waals surface area contributed by atoms with Crippen molar-refractivity contribution in [2.45, 2.75) is 25.1 Å². The fourth-order valence-electron chi connectivity index (χ4n) is 0.981. The molecule has 1 saturated heterocycles. The Hall–Kier alpha value is -1.35. The van der Waals surface area contributed by atoms with E-state index in [9.17, 15) is 18.0 Å². The molecule has 6 nitrogen and oxygen atoms in total. The molecule has 17 heavy (non-hydrogen) atoms. The number of hydrazine groups is 1. The maximum Gasteiger partial charge on any atom is 0.490 e. The number of hydrogen-bond acceptors (Lipinski definition) is 5. The summed E-state index contributed by atoms with van der Waals surface area (Å²) in [5.41, 5.74) is 5.74. The molecule has 1 heterocycles. The van der Waals surface area contributed by atoms with Crippen LogP contribution in [0.15, 0.2) is 0 Å². The van der Waals surface area contributed by atoms with Crippen LogP contribution in [0.5, 0.6) is 0 Å². The van der Waals surface area contributed by atoms with Crippen LogP contribution in [-0.2, 0) is 14.3 Å². The Kier molecular flexibility index (Phi) is 6.51. The topological polar surface area (TPSA) is 87.7 Å². The van der Waals surface area contributed by atoms with Crippen LogP contribution >= 0.6 is 0 Å². The number of ether oxygens (including phenoxy) is 1. The first kappa shape index (κ1) is 15.7. The fourth-order valence-corrected chi connectivity index (χ4v) is 0.981. The zero-order valence-electron chi connectivity index (χ0n) is 9.00. The maximum atomic E-state index is 10.8. The van der Waals surface area contributed by atoms with Gasteiger partial charge in [0, 0.05) is 6.54 Å². The minimum absolute atomic E-state index is 0.154. The standard InChI is InChI=1S/C6H12N2O2.C2HF3O2/c1-10-6(9)5-3-2-4-7-8-5;3-2(4,5)1(6)7/h5,7-8H,2-4H2,1H3;(H,6,7)/t5-;/m0./s1. The van der Waals surface area contributed by atoms with Gasteiger partial charge in [-0.3, -0.25) is 10.2 Å². The monoisotopic (exact) mass is 258 g/mol. The lowest BCUT2D eigenvalue weighted by atomic mass is 10.1. The lowest BCUT2D eigenvalue weighted by molar-refractivity contribution is -0.192. The van der Waals surface area contributed by atoms with Crippen molar-refractivity contribution in [1.29, 1.82) is 0 Å². The summed E-state index contributed by atoms with van der Waals surface area (Å²) < 4.78 is 36.3. The molecule has 0 aromatic rings. The van der Waals surface area contributed by atoms with Gasteiger partial charge in [0.15, 0.2) is 0 Å². The van der Waals surface area contributed by atoms with Crippen molar-refractivity contribution >= 4 is 11.9 Å². The Balaban J connectivity index is 0.000000325. The number of aliphatic carboxylic acids is 1. The molecule has 9 heteroatoms. The smallest absolute Gasteiger partial charge is 0.475 e. The van der Waals surface area contributed by atoms with E-state index in [1.807, 2.05) is 0 Å². The summed E-state index contributed by atoms with van der Waals surface area (Å²) in [5, 5.41) is 7.12. The lowest BCUT2D eigenvalue weighted by Gasteiger charge is -2.21. The van der Waals surface area contributed by atoms with Crippen LogP contribution in [0.2, 0.25) is 0 Å². The average Bonchev–Trinajstić information content (AvgIpc) is 2.28. The second-order valence-corrected chi connectivity index (χ2v) is 3.09. The number of halogens is 3. The predicted molar refractivity (Wildman–Crippen MR) is 49.9 cm³/mol. The molecule has 0 spiro atoms. The number of esters is 1. The van der Waals surface area contributed by atoms with Gasteiger partial charge >= 0.3 is 18.1 Å². The van der Waals surface area contributed by atoms with E-state index in [0.29, 0.717) is 0 Å². The third kappa shape index (κ3) is 6.74. The van der Waals surface area contributed by atoms with Gasteiger partial charge in [0.2, 0.25) is 0 Å². The second kappa shape index (κ2) is 7.07. The van der Waals surface area contributed by atoms with Gasteiger partial charge in [-0.25, -0.2) is 10.2 Å². The quantitative estimate of drug-likeness (QED) is 0.576.